The molecule has 2 aromatic carbocycles. The Hall–Kier alpha value is -3.55. The fraction of sp³-hybridized carbons (Fsp3) is 0.167. The van der Waals surface area contributed by atoms with Gasteiger partial charge in [-0.2, -0.15) is 10.2 Å². The Balaban J connectivity index is 2.16. The Kier molecular flexibility index (Phi) is 6.15. The second kappa shape index (κ2) is 8.52. The quantitative estimate of drug-likeness (QED) is 0.584. The van der Waals surface area contributed by atoms with Gasteiger partial charge in [-0.25, -0.2) is 4.79 Å². The summed E-state index contributed by atoms with van der Waals surface area (Å²) in [5.41, 5.74) is 0.833. The van der Waals surface area contributed by atoms with Gasteiger partial charge in [-0.1, -0.05) is 12.1 Å². The van der Waals surface area contributed by atoms with Gasteiger partial charge < -0.3 is 15.2 Å². The lowest BCUT2D eigenvalue weighted by atomic mass is 10.2. The molecule has 2 N–H and O–H groups in total. The van der Waals surface area contributed by atoms with Gasteiger partial charge in [-0.15, -0.1) is 0 Å². The van der Waals surface area contributed by atoms with E-state index in [1.165, 1.54) is 38.3 Å². The molecule has 0 saturated carbocycles. The Labute approximate surface area is 149 Å². The van der Waals surface area contributed by atoms with Crippen LogP contribution in [0.4, 0.5) is 11.4 Å². The third kappa shape index (κ3) is 4.73. The van der Waals surface area contributed by atoms with Crippen molar-refractivity contribution in [2.75, 3.05) is 12.4 Å². The van der Waals surface area contributed by atoms with Gasteiger partial charge in [0.2, 0.25) is 6.04 Å². The van der Waals surface area contributed by atoms with Gasteiger partial charge >= 0.3 is 5.97 Å². The number of carboxylic acids is 1. The number of Topliss-reactive ketones (excluding diaryl/α,β-unsaturated/α-hetero) is 1. The largest absolute Gasteiger partial charge is 0.495 e. The zero-order valence-electron chi connectivity index (χ0n) is 14.2. The first-order chi connectivity index (χ1) is 12.4. The first-order valence-electron chi connectivity index (χ1n) is 7.61. The zero-order chi connectivity index (χ0) is 19.1. The number of amides is 1. The summed E-state index contributed by atoms with van der Waals surface area (Å²) >= 11 is 0. The van der Waals surface area contributed by atoms with Gasteiger partial charge in [0.05, 0.1) is 24.0 Å². The van der Waals surface area contributed by atoms with Gasteiger partial charge in [0.25, 0.3) is 5.91 Å². The highest BCUT2D eigenvalue weighted by Gasteiger charge is 2.24. The Bertz CT molecular complexity index is 846. The summed E-state index contributed by atoms with van der Waals surface area (Å²) in [5, 5.41) is 19.1. The van der Waals surface area contributed by atoms with Crippen molar-refractivity contribution in [1.82, 2.24) is 0 Å². The molecule has 0 radical (unpaired) electrons. The maximum Gasteiger partial charge on any atom is 0.335 e. The number of benzene rings is 2. The molecule has 8 nitrogen and oxygen atoms in total. The SMILES string of the molecule is COc1ccccc1NC(=O)C(N=Nc1ccc(C(=O)O)cc1)C(C)=O. The molecule has 0 fully saturated rings. The number of ketones is 1. The second-order valence-electron chi connectivity index (χ2n) is 5.27. The van der Waals surface area contributed by atoms with E-state index in [9.17, 15) is 14.4 Å². The lowest BCUT2D eigenvalue weighted by Crippen LogP contribution is -2.31. The first-order valence-corrected chi connectivity index (χ1v) is 7.61. The van der Waals surface area contributed by atoms with Crippen LogP contribution in [0.5, 0.6) is 5.75 Å². The van der Waals surface area contributed by atoms with Crippen LogP contribution in [0.2, 0.25) is 0 Å². The molecule has 0 aromatic heterocycles. The minimum Gasteiger partial charge on any atom is -0.495 e. The highest BCUT2D eigenvalue weighted by atomic mass is 16.5. The van der Waals surface area contributed by atoms with Crippen LogP contribution in [0.3, 0.4) is 0 Å². The summed E-state index contributed by atoms with van der Waals surface area (Å²) in [4.78, 5) is 35.0. The average Bonchev–Trinajstić information content (AvgIpc) is 2.62. The number of rotatable bonds is 7. The number of carbonyl (C=O) groups is 3. The average molecular weight is 355 g/mol. The topological polar surface area (TPSA) is 117 Å². The summed E-state index contributed by atoms with van der Waals surface area (Å²) in [6.07, 6.45) is 0. The van der Waals surface area contributed by atoms with Crippen LogP contribution >= 0.6 is 0 Å². The van der Waals surface area contributed by atoms with E-state index in [1.54, 1.807) is 24.3 Å². The van der Waals surface area contributed by atoms with E-state index >= 15 is 0 Å². The molecule has 0 spiro atoms. The molecule has 2 rings (SSSR count). The molecule has 1 unspecified atom stereocenters. The maximum absolute atomic E-state index is 12.4. The molecule has 0 aliphatic heterocycles. The lowest BCUT2D eigenvalue weighted by molar-refractivity contribution is -0.126. The lowest BCUT2D eigenvalue weighted by Gasteiger charge is -2.12. The number of carboxylic acid groups (broad SMARTS) is 1. The molecular weight excluding hydrogens is 338 g/mol. The van der Waals surface area contributed by atoms with Crippen molar-refractivity contribution in [1.29, 1.82) is 0 Å². The molecule has 0 bridgehead atoms. The molecule has 0 aliphatic rings. The molecule has 2 aromatic rings. The number of carbonyl (C=O) groups excluding carboxylic acids is 2. The van der Waals surface area contributed by atoms with Crippen LogP contribution in [-0.2, 0) is 9.59 Å². The molecule has 134 valence electrons. The summed E-state index contributed by atoms with van der Waals surface area (Å²) in [7, 11) is 1.47. The number of hydrogen-bond donors (Lipinski definition) is 2. The number of anilines is 1. The van der Waals surface area contributed by atoms with Crippen LogP contribution < -0.4 is 10.1 Å². The van der Waals surface area contributed by atoms with Crippen LogP contribution in [0.15, 0.2) is 58.8 Å². The van der Waals surface area contributed by atoms with E-state index in [0.717, 1.165) is 0 Å². The number of nitrogens with one attached hydrogen (secondary N) is 1. The third-order valence-electron chi connectivity index (χ3n) is 3.40. The predicted molar refractivity (Wildman–Crippen MR) is 94.0 cm³/mol. The monoisotopic (exact) mass is 355 g/mol. The van der Waals surface area contributed by atoms with Crippen LogP contribution in [0, 0.1) is 0 Å². The number of ether oxygens (including phenoxy) is 1. The zero-order valence-corrected chi connectivity index (χ0v) is 14.2. The maximum atomic E-state index is 12.4. The summed E-state index contributed by atoms with van der Waals surface area (Å²) in [6.45, 7) is 1.24. The van der Waals surface area contributed by atoms with Crippen molar-refractivity contribution in [2.45, 2.75) is 13.0 Å². The van der Waals surface area contributed by atoms with Crippen molar-refractivity contribution < 1.29 is 24.2 Å². The molecule has 8 heteroatoms. The van der Waals surface area contributed by atoms with Crippen molar-refractivity contribution in [2.24, 2.45) is 10.2 Å². The molecule has 0 aliphatic carbocycles. The Morgan fingerprint density at radius 3 is 2.31 bits per heavy atom. The van der Waals surface area contributed by atoms with E-state index in [0.29, 0.717) is 17.1 Å². The van der Waals surface area contributed by atoms with Crippen LogP contribution in [-0.4, -0.2) is 35.9 Å². The van der Waals surface area contributed by atoms with Crippen molar-refractivity contribution in [3.63, 3.8) is 0 Å². The normalized spacial score (nSPS) is 11.8. The fourth-order valence-corrected chi connectivity index (χ4v) is 2.06. The molecular formula is C18H17N3O5. The molecule has 1 atom stereocenters. The van der Waals surface area contributed by atoms with Gasteiger partial charge in [0, 0.05) is 0 Å². The van der Waals surface area contributed by atoms with Gasteiger partial charge in [-0.3, -0.25) is 9.59 Å². The Morgan fingerprint density at radius 1 is 1.08 bits per heavy atom. The predicted octanol–water partition coefficient (Wildman–Crippen LogP) is 3.07. The number of nitrogens with zero attached hydrogens (tertiary/aromatic N) is 2. The van der Waals surface area contributed by atoms with E-state index in [2.05, 4.69) is 15.5 Å². The van der Waals surface area contributed by atoms with Crippen molar-refractivity contribution in [3.05, 3.63) is 54.1 Å². The number of azo groups is 1. The number of para-hydroxylation sites is 2. The molecule has 1 amide bonds. The second-order valence-corrected chi connectivity index (χ2v) is 5.27. The van der Waals surface area contributed by atoms with Crippen molar-refractivity contribution in [3.8, 4) is 5.75 Å². The van der Waals surface area contributed by atoms with Crippen molar-refractivity contribution >= 4 is 29.0 Å². The van der Waals surface area contributed by atoms with E-state index in [-0.39, 0.29) is 5.56 Å². The first kappa shape index (κ1) is 18.8. The number of methoxy groups -OCH3 is 1. The van der Waals surface area contributed by atoms with E-state index in [4.69, 9.17) is 9.84 Å². The summed E-state index contributed by atoms with van der Waals surface area (Å²) in [6, 6.07) is 11.0. The minimum atomic E-state index is -1.33. The minimum absolute atomic E-state index is 0.0981. The summed E-state index contributed by atoms with van der Waals surface area (Å²) < 4.78 is 5.14. The molecule has 26 heavy (non-hydrogen) atoms. The standard InChI is InChI=1S/C18H17N3O5/c1-11(22)16(17(23)19-14-5-3-4-6-15(14)26-2)21-20-13-9-7-12(8-10-13)18(24)25/h3-10,16H,1-2H3,(H,19,23)(H,24,25). The van der Waals surface area contributed by atoms with Gasteiger partial charge in [0.15, 0.2) is 5.78 Å². The van der Waals surface area contributed by atoms with Gasteiger partial charge in [0.1, 0.15) is 5.75 Å². The fourth-order valence-electron chi connectivity index (χ4n) is 2.06. The number of aromatic carboxylic acids is 1. The van der Waals surface area contributed by atoms with Gasteiger partial charge in [-0.05, 0) is 43.3 Å². The summed E-state index contributed by atoms with van der Waals surface area (Å²) in [5.74, 6) is -1.74. The third-order valence-corrected chi connectivity index (χ3v) is 3.40. The molecule has 0 saturated heterocycles. The highest BCUT2D eigenvalue weighted by molar-refractivity contribution is 6.10. The number of hydrogen-bond acceptors (Lipinski definition) is 6. The van der Waals surface area contributed by atoms with Crippen LogP contribution in [0.1, 0.15) is 17.3 Å². The van der Waals surface area contributed by atoms with Crippen LogP contribution in [0.25, 0.3) is 0 Å². The Morgan fingerprint density at radius 2 is 1.73 bits per heavy atom. The van der Waals surface area contributed by atoms with E-state index in [1.807, 2.05) is 0 Å². The highest BCUT2D eigenvalue weighted by Crippen LogP contribution is 2.23. The smallest absolute Gasteiger partial charge is 0.335 e. The molecule has 0 heterocycles. The van der Waals surface area contributed by atoms with E-state index < -0.39 is 23.7 Å².